The fourth-order valence-corrected chi connectivity index (χ4v) is 3.50. The van der Waals surface area contributed by atoms with Gasteiger partial charge in [-0.15, -0.1) is 0 Å². The van der Waals surface area contributed by atoms with Crippen LogP contribution in [0.25, 0.3) is 10.9 Å². The maximum Gasteiger partial charge on any atom is 0.251 e. The number of pyridine rings is 3. The molecule has 4 aromatic rings. The molecule has 0 aliphatic carbocycles. The number of anilines is 1. The van der Waals surface area contributed by atoms with Crippen molar-refractivity contribution in [1.29, 1.82) is 5.26 Å². The second kappa shape index (κ2) is 8.78. The van der Waals surface area contributed by atoms with Crippen molar-refractivity contribution >= 4 is 22.6 Å². The molecule has 3 aromatic heterocycles. The van der Waals surface area contributed by atoms with E-state index >= 15 is 0 Å². The van der Waals surface area contributed by atoms with Gasteiger partial charge in [0, 0.05) is 41.4 Å². The Labute approximate surface area is 183 Å². The van der Waals surface area contributed by atoms with Gasteiger partial charge in [0.1, 0.15) is 23.4 Å². The van der Waals surface area contributed by atoms with Crippen molar-refractivity contribution < 1.29 is 9.18 Å². The second-order valence-electron chi connectivity index (χ2n) is 7.38. The Balaban J connectivity index is 1.50. The summed E-state index contributed by atoms with van der Waals surface area (Å²) >= 11 is 0. The molecule has 3 N–H and O–H groups in total. The van der Waals surface area contributed by atoms with Gasteiger partial charge >= 0.3 is 0 Å². The van der Waals surface area contributed by atoms with Gasteiger partial charge in [-0.1, -0.05) is 6.07 Å². The first-order valence-corrected chi connectivity index (χ1v) is 9.86. The molecule has 0 atom stereocenters. The molecule has 0 radical (unpaired) electrons. The van der Waals surface area contributed by atoms with Crippen LogP contribution >= 0.6 is 0 Å². The number of nitrogens with two attached hydrogens (primary N) is 1. The molecule has 0 unspecified atom stereocenters. The zero-order chi connectivity index (χ0) is 22.7. The van der Waals surface area contributed by atoms with Gasteiger partial charge in [-0.3, -0.25) is 14.8 Å². The number of aromatic nitrogens is 3. The summed E-state index contributed by atoms with van der Waals surface area (Å²) in [6.07, 6.45) is 3.24. The van der Waals surface area contributed by atoms with Gasteiger partial charge in [0.05, 0.1) is 11.7 Å². The van der Waals surface area contributed by atoms with E-state index in [1.54, 1.807) is 24.4 Å². The summed E-state index contributed by atoms with van der Waals surface area (Å²) in [5.74, 6) is -0.420. The molecule has 8 heteroatoms. The number of amides is 1. The summed E-state index contributed by atoms with van der Waals surface area (Å²) in [6.45, 7) is 1.97. The quantitative estimate of drug-likeness (QED) is 0.505. The van der Waals surface area contributed by atoms with E-state index in [1.165, 1.54) is 12.3 Å². The lowest BCUT2D eigenvalue weighted by molar-refractivity contribution is 0.0950. The normalized spacial score (nSPS) is 10.7. The van der Waals surface area contributed by atoms with Gasteiger partial charge in [0.25, 0.3) is 5.91 Å². The topological polar surface area (TPSA) is 118 Å². The van der Waals surface area contributed by atoms with Crippen molar-refractivity contribution in [2.24, 2.45) is 0 Å². The highest BCUT2D eigenvalue weighted by Gasteiger charge is 2.12. The standard InChI is InChI=1S/C24H19FN6O/c1-14-6-23(27)31-22(11-26)20(14)13-30-24(32)16-4-5-28-19(10-16)8-15-2-3-21-17(7-15)9-18(25)12-29-21/h2-7,9-10,12H,8,13H2,1H3,(H2,27,31)(H,30,32). The van der Waals surface area contributed by atoms with E-state index < -0.39 is 5.82 Å². The minimum absolute atomic E-state index is 0.154. The lowest BCUT2D eigenvalue weighted by Crippen LogP contribution is -2.24. The number of rotatable bonds is 5. The zero-order valence-corrected chi connectivity index (χ0v) is 17.3. The van der Waals surface area contributed by atoms with Crippen LogP contribution in [0, 0.1) is 24.1 Å². The van der Waals surface area contributed by atoms with Crippen molar-refractivity contribution in [2.45, 2.75) is 19.9 Å². The average molecular weight is 426 g/mol. The predicted molar refractivity (Wildman–Crippen MR) is 118 cm³/mol. The minimum Gasteiger partial charge on any atom is -0.384 e. The van der Waals surface area contributed by atoms with Crippen LogP contribution in [-0.4, -0.2) is 20.9 Å². The van der Waals surface area contributed by atoms with Crippen LogP contribution in [0.5, 0.6) is 0 Å². The SMILES string of the molecule is Cc1cc(N)nc(C#N)c1CNC(=O)c1ccnc(Cc2ccc3ncc(F)cc3c2)c1. The lowest BCUT2D eigenvalue weighted by Gasteiger charge is -2.11. The molecule has 4 rings (SSSR count). The highest BCUT2D eigenvalue weighted by Crippen LogP contribution is 2.18. The van der Waals surface area contributed by atoms with Crippen LogP contribution < -0.4 is 11.1 Å². The van der Waals surface area contributed by atoms with Crippen LogP contribution in [0.1, 0.15) is 38.4 Å². The number of nitrogens with zero attached hydrogens (tertiary/aromatic N) is 4. The van der Waals surface area contributed by atoms with Crippen molar-refractivity contribution in [2.75, 3.05) is 5.73 Å². The summed E-state index contributed by atoms with van der Waals surface area (Å²) in [5, 5.41) is 12.8. The van der Waals surface area contributed by atoms with E-state index in [2.05, 4.69) is 20.3 Å². The molecule has 7 nitrogen and oxygen atoms in total. The molecule has 0 spiro atoms. The van der Waals surface area contributed by atoms with Gasteiger partial charge in [-0.2, -0.15) is 5.26 Å². The van der Waals surface area contributed by atoms with Gasteiger partial charge in [-0.05, 0) is 54.4 Å². The highest BCUT2D eigenvalue weighted by atomic mass is 19.1. The lowest BCUT2D eigenvalue weighted by atomic mass is 10.0. The summed E-state index contributed by atoms with van der Waals surface area (Å²) < 4.78 is 13.5. The molecule has 0 fully saturated rings. The van der Waals surface area contributed by atoms with Crippen LogP contribution in [0.2, 0.25) is 0 Å². The van der Waals surface area contributed by atoms with Gasteiger partial charge < -0.3 is 11.1 Å². The minimum atomic E-state index is -0.391. The summed E-state index contributed by atoms with van der Waals surface area (Å²) in [6, 6.07) is 14.0. The molecule has 0 saturated heterocycles. The number of nitrogens with one attached hydrogen (secondary N) is 1. The number of nitriles is 1. The first-order chi connectivity index (χ1) is 15.4. The first kappa shape index (κ1) is 20.9. The Morgan fingerprint density at radius 2 is 2.03 bits per heavy atom. The molecule has 0 aliphatic heterocycles. The molecule has 1 aromatic carbocycles. The molecule has 158 valence electrons. The molecule has 3 heterocycles. The third-order valence-electron chi connectivity index (χ3n) is 5.08. The maximum absolute atomic E-state index is 13.5. The number of benzene rings is 1. The van der Waals surface area contributed by atoms with E-state index in [0.717, 1.165) is 11.1 Å². The number of carbonyl (C=O) groups is 1. The maximum atomic E-state index is 13.5. The number of aryl methyl sites for hydroxylation is 1. The predicted octanol–water partition coefficient (Wildman–Crippen LogP) is 3.45. The highest BCUT2D eigenvalue weighted by molar-refractivity contribution is 5.94. The van der Waals surface area contributed by atoms with Crippen LogP contribution in [-0.2, 0) is 13.0 Å². The van der Waals surface area contributed by atoms with E-state index in [9.17, 15) is 14.4 Å². The summed E-state index contributed by atoms with van der Waals surface area (Å²) in [4.78, 5) is 25.1. The Bertz CT molecular complexity index is 1380. The van der Waals surface area contributed by atoms with E-state index in [-0.39, 0.29) is 24.0 Å². The fraction of sp³-hybridized carbons (Fsp3) is 0.125. The van der Waals surface area contributed by atoms with Crippen molar-refractivity contribution in [1.82, 2.24) is 20.3 Å². The molecular weight excluding hydrogens is 407 g/mol. The number of nitrogen functional groups attached to an aromatic ring is 1. The van der Waals surface area contributed by atoms with E-state index in [0.29, 0.717) is 34.1 Å². The van der Waals surface area contributed by atoms with Crippen LogP contribution in [0.15, 0.2) is 54.9 Å². The van der Waals surface area contributed by atoms with Crippen molar-refractivity contribution in [3.63, 3.8) is 0 Å². The Morgan fingerprint density at radius 1 is 1.19 bits per heavy atom. The largest absolute Gasteiger partial charge is 0.384 e. The third-order valence-corrected chi connectivity index (χ3v) is 5.08. The second-order valence-corrected chi connectivity index (χ2v) is 7.38. The Hall–Kier alpha value is -4.38. The zero-order valence-electron chi connectivity index (χ0n) is 17.3. The van der Waals surface area contributed by atoms with Crippen molar-refractivity contribution in [3.05, 3.63) is 94.3 Å². The van der Waals surface area contributed by atoms with E-state index in [4.69, 9.17) is 5.73 Å². The molecular formula is C24H19FN6O. The summed E-state index contributed by atoms with van der Waals surface area (Å²) in [7, 11) is 0. The molecule has 1 amide bonds. The summed E-state index contributed by atoms with van der Waals surface area (Å²) in [5.41, 5.74) is 10.1. The molecule has 32 heavy (non-hydrogen) atoms. The monoisotopic (exact) mass is 426 g/mol. The molecule has 0 bridgehead atoms. The van der Waals surface area contributed by atoms with Gasteiger partial charge in [0.2, 0.25) is 0 Å². The number of carbonyl (C=O) groups excluding carboxylic acids is 1. The Kier molecular flexibility index (Phi) is 5.73. The first-order valence-electron chi connectivity index (χ1n) is 9.86. The van der Waals surface area contributed by atoms with Gasteiger partial charge in [-0.25, -0.2) is 9.37 Å². The average Bonchev–Trinajstić information content (AvgIpc) is 2.77. The number of hydrogen-bond donors (Lipinski definition) is 2. The van der Waals surface area contributed by atoms with E-state index in [1.807, 2.05) is 31.2 Å². The number of fused-ring (bicyclic) bond motifs is 1. The van der Waals surface area contributed by atoms with Crippen LogP contribution in [0.4, 0.5) is 10.2 Å². The molecule has 0 aliphatic rings. The smallest absolute Gasteiger partial charge is 0.251 e. The molecule has 0 saturated carbocycles. The van der Waals surface area contributed by atoms with Crippen LogP contribution in [0.3, 0.4) is 0 Å². The Morgan fingerprint density at radius 3 is 2.84 bits per heavy atom. The fourth-order valence-electron chi connectivity index (χ4n) is 3.50. The number of hydrogen-bond acceptors (Lipinski definition) is 6. The third kappa shape index (κ3) is 4.52. The van der Waals surface area contributed by atoms with Crippen molar-refractivity contribution in [3.8, 4) is 6.07 Å². The number of halogens is 1. The van der Waals surface area contributed by atoms with Gasteiger partial charge in [0.15, 0.2) is 0 Å².